The topological polar surface area (TPSA) is 58.6 Å². The first-order valence-electron chi connectivity index (χ1n) is 12.9. The molecule has 1 aliphatic carbocycles. The van der Waals surface area contributed by atoms with Gasteiger partial charge < -0.3 is 15.0 Å². The van der Waals surface area contributed by atoms with Crippen LogP contribution in [0.1, 0.15) is 47.9 Å². The summed E-state index contributed by atoms with van der Waals surface area (Å²) in [5, 5.41) is 3.24. The van der Waals surface area contributed by atoms with Crippen molar-refractivity contribution in [2.45, 2.75) is 64.6 Å². The second kappa shape index (κ2) is 12.4. The Bertz CT molecular complexity index is 1140. The first-order chi connectivity index (χ1) is 17.5. The zero-order valence-corrected chi connectivity index (χ0v) is 21.3. The van der Waals surface area contributed by atoms with Gasteiger partial charge in [0.1, 0.15) is 11.8 Å². The minimum absolute atomic E-state index is 0.0958. The molecular formula is C31H36N2O3. The molecule has 5 heteroatoms. The SMILES string of the molecule is Cc1ccc(OCC(=O)N(Cc2ccccc2)C(Cc2ccccc2)C(=O)NC2CCCC2)c(C)c1. The van der Waals surface area contributed by atoms with Crippen molar-refractivity contribution in [1.29, 1.82) is 0 Å². The van der Waals surface area contributed by atoms with Crippen molar-refractivity contribution in [2.24, 2.45) is 0 Å². The van der Waals surface area contributed by atoms with Crippen LogP contribution in [0.4, 0.5) is 0 Å². The fraction of sp³-hybridized carbons (Fsp3) is 0.355. The number of nitrogens with one attached hydrogen (secondary N) is 1. The van der Waals surface area contributed by atoms with E-state index in [2.05, 4.69) is 5.32 Å². The average molecular weight is 485 g/mol. The number of nitrogens with zero attached hydrogens (tertiary/aromatic N) is 1. The molecule has 1 fully saturated rings. The van der Waals surface area contributed by atoms with Crippen LogP contribution >= 0.6 is 0 Å². The van der Waals surface area contributed by atoms with Crippen LogP contribution in [0.5, 0.6) is 5.75 Å². The third-order valence-corrected chi connectivity index (χ3v) is 6.85. The molecule has 0 aliphatic heterocycles. The Labute approximate surface area is 214 Å². The molecule has 1 atom stereocenters. The van der Waals surface area contributed by atoms with Crippen LogP contribution in [0, 0.1) is 13.8 Å². The molecule has 4 rings (SSSR count). The van der Waals surface area contributed by atoms with Crippen molar-refractivity contribution in [3.8, 4) is 5.75 Å². The second-order valence-electron chi connectivity index (χ2n) is 9.76. The van der Waals surface area contributed by atoms with E-state index in [-0.39, 0.29) is 24.5 Å². The Balaban J connectivity index is 1.60. The van der Waals surface area contributed by atoms with Crippen molar-refractivity contribution in [2.75, 3.05) is 6.61 Å². The molecule has 1 saturated carbocycles. The quantitative estimate of drug-likeness (QED) is 0.420. The van der Waals surface area contributed by atoms with Gasteiger partial charge in [-0.3, -0.25) is 9.59 Å². The van der Waals surface area contributed by atoms with Crippen molar-refractivity contribution in [3.63, 3.8) is 0 Å². The zero-order chi connectivity index (χ0) is 25.3. The summed E-state index contributed by atoms with van der Waals surface area (Å²) in [7, 11) is 0. The van der Waals surface area contributed by atoms with Gasteiger partial charge in [-0.2, -0.15) is 0 Å². The minimum atomic E-state index is -0.636. The summed E-state index contributed by atoms with van der Waals surface area (Å²) in [6.07, 6.45) is 4.69. The molecule has 3 aromatic rings. The van der Waals surface area contributed by atoms with E-state index in [1.807, 2.05) is 92.7 Å². The number of aryl methyl sites for hydroxylation is 2. The molecule has 0 spiro atoms. The van der Waals surface area contributed by atoms with Crippen LogP contribution in [0.25, 0.3) is 0 Å². The van der Waals surface area contributed by atoms with E-state index >= 15 is 0 Å². The minimum Gasteiger partial charge on any atom is -0.483 e. The van der Waals surface area contributed by atoms with Crippen molar-refractivity contribution >= 4 is 11.8 Å². The van der Waals surface area contributed by atoms with Gasteiger partial charge >= 0.3 is 0 Å². The standard InChI is InChI=1S/C31H36N2O3/c1-23-17-18-29(24(2)19-23)36-22-30(34)33(21-26-13-7-4-8-14-26)28(20-25-11-5-3-6-12-25)31(35)32-27-15-9-10-16-27/h3-8,11-14,17-19,27-28H,9-10,15-16,20-22H2,1-2H3,(H,32,35). The van der Waals surface area contributed by atoms with Gasteiger partial charge in [0.05, 0.1) is 0 Å². The Morgan fingerprint density at radius 2 is 1.56 bits per heavy atom. The lowest BCUT2D eigenvalue weighted by molar-refractivity contribution is -0.143. The number of amides is 2. The lowest BCUT2D eigenvalue weighted by Gasteiger charge is -2.32. The van der Waals surface area contributed by atoms with Gasteiger partial charge in [-0.25, -0.2) is 0 Å². The predicted octanol–water partition coefficient (Wildman–Crippen LogP) is 5.38. The largest absolute Gasteiger partial charge is 0.483 e. The third kappa shape index (κ3) is 6.97. The smallest absolute Gasteiger partial charge is 0.261 e. The van der Waals surface area contributed by atoms with E-state index in [4.69, 9.17) is 4.74 Å². The number of hydrogen-bond acceptors (Lipinski definition) is 3. The zero-order valence-electron chi connectivity index (χ0n) is 21.3. The number of hydrogen-bond donors (Lipinski definition) is 1. The fourth-order valence-corrected chi connectivity index (χ4v) is 4.89. The number of rotatable bonds is 10. The molecule has 1 unspecified atom stereocenters. The molecule has 3 aromatic carbocycles. The van der Waals surface area contributed by atoms with Gasteiger partial charge in [0.25, 0.3) is 5.91 Å². The van der Waals surface area contributed by atoms with Crippen molar-refractivity contribution in [3.05, 3.63) is 101 Å². The number of benzene rings is 3. The summed E-state index contributed by atoms with van der Waals surface area (Å²) in [6, 6.07) is 25.2. The molecule has 2 amide bonds. The highest BCUT2D eigenvalue weighted by Crippen LogP contribution is 2.22. The molecular weight excluding hydrogens is 448 g/mol. The highest BCUT2D eigenvalue weighted by atomic mass is 16.5. The first-order valence-corrected chi connectivity index (χ1v) is 12.9. The molecule has 36 heavy (non-hydrogen) atoms. The molecule has 1 aliphatic rings. The lowest BCUT2D eigenvalue weighted by Crippen LogP contribution is -2.53. The van der Waals surface area contributed by atoms with E-state index < -0.39 is 6.04 Å². The monoisotopic (exact) mass is 484 g/mol. The van der Waals surface area contributed by atoms with E-state index in [9.17, 15) is 9.59 Å². The van der Waals surface area contributed by atoms with E-state index in [0.717, 1.165) is 47.9 Å². The molecule has 0 bridgehead atoms. The summed E-state index contributed by atoms with van der Waals surface area (Å²) < 4.78 is 5.96. The maximum atomic E-state index is 13.7. The predicted molar refractivity (Wildman–Crippen MR) is 143 cm³/mol. The highest BCUT2D eigenvalue weighted by Gasteiger charge is 2.32. The molecule has 0 heterocycles. The van der Waals surface area contributed by atoms with Crippen LogP contribution < -0.4 is 10.1 Å². The maximum Gasteiger partial charge on any atom is 0.261 e. The number of carbonyl (C=O) groups excluding carboxylic acids is 2. The second-order valence-corrected chi connectivity index (χ2v) is 9.76. The summed E-state index contributed by atoms with van der Waals surface area (Å²) in [4.78, 5) is 29.0. The molecule has 5 nitrogen and oxygen atoms in total. The summed E-state index contributed by atoms with van der Waals surface area (Å²) in [6.45, 7) is 4.21. The average Bonchev–Trinajstić information content (AvgIpc) is 3.39. The van der Waals surface area contributed by atoms with Crippen molar-refractivity contribution < 1.29 is 14.3 Å². The van der Waals surface area contributed by atoms with Gasteiger partial charge in [-0.1, -0.05) is 91.2 Å². The van der Waals surface area contributed by atoms with E-state index in [1.54, 1.807) is 4.90 Å². The van der Waals surface area contributed by atoms with Gasteiger partial charge in [0.15, 0.2) is 6.61 Å². The van der Waals surface area contributed by atoms with Gasteiger partial charge in [-0.05, 0) is 49.4 Å². The van der Waals surface area contributed by atoms with Crippen molar-refractivity contribution in [1.82, 2.24) is 10.2 Å². The van der Waals surface area contributed by atoms with E-state index in [1.165, 1.54) is 0 Å². The normalized spacial score (nSPS) is 14.3. The summed E-state index contributed by atoms with van der Waals surface area (Å²) in [5.41, 5.74) is 4.12. The molecule has 0 saturated heterocycles. The summed E-state index contributed by atoms with van der Waals surface area (Å²) >= 11 is 0. The van der Waals surface area contributed by atoms with Gasteiger partial charge in [0, 0.05) is 19.0 Å². The Morgan fingerprint density at radius 3 is 2.19 bits per heavy atom. The summed E-state index contributed by atoms with van der Waals surface area (Å²) in [5.74, 6) is 0.381. The number of carbonyl (C=O) groups is 2. The maximum absolute atomic E-state index is 13.7. The molecule has 188 valence electrons. The van der Waals surface area contributed by atoms with Gasteiger partial charge in [-0.15, -0.1) is 0 Å². The Morgan fingerprint density at radius 1 is 0.917 bits per heavy atom. The number of ether oxygens (including phenoxy) is 1. The van der Waals surface area contributed by atoms with E-state index in [0.29, 0.717) is 18.7 Å². The van der Waals surface area contributed by atoms with Crippen LogP contribution in [0.2, 0.25) is 0 Å². The van der Waals surface area contributed by atoms with Crippen LogP contribution in [-0.2, 0) is 22.6 Å². The Kier molecular flexibility index (Phi) is 8.77. The molecule has 1 N–H and O–H groups in total. The van der Waals surface area contributed by atoms with Crippen LogP contribution in [0.3, 0.4) is 0 Å². The highest BCUT2D eigenvalue weighted by molar-refractivity contribution is 5.88. The Hall–Kier alpha value is -3.60. The lowest BCUT2D eigenvalue weighted by atomic mass is 10.0. The van der Waals surface area contributed by atoms with Gasteiger partial charge in [0.2, 0.25) is 5.91 Å². The van der Waals surface area contributed by atoms with Crippen LogP contribution in [0.15, 0.2) is 78.9 Å². The first kappa shape index (κ1) is 25.5. The van der Waals surface area contributed by atoms with Crippen LogP contribution in [-0.4, -0.2) is 35.4 Å². The molecule has 0 aromatic heterocycles. The third-order valence-electron chi connectivity index (χ3n) is 6.85. The fourth-order valence-electron chi connectivity index (χ4n) is 4.89. The molecule has 0 radical (unpaired) electrons.